The van der Waals surface area contributed by atoms with E-state index in [9.17, 15) is 4.79 Å². The Morgan fingerprint density at radius 1 is 1.32 bits per heavy atom. The number of carbonyl (C=O) groups excluding carboxylic acids is 1. The van der Waals surface area contributed by atoms with Gasteiger partial charge in [0.25, 0.3) is 0 Å². The van der Waals surface area contributed by atoms with E-state index >= 15 is 0 Å². The van der Waals surface area contributed by atoms with Crippen LogP contribution < -0.4 is 10.2 Å². The Morgan fingerprint density at radius 2 is 2.14 bits per heavy atom. The first-order valence-electron chi connectivity index (χ1n) is 8.50. The third kappa shape index (κ3) is 2.34. The molecule has 2 heterocycles. The number of anilines is 1. The van der Waals surface area contributed by atoms with E-state index in [2.05, 4.69) is 29.6 Å². The zero-order valence-corrected chi connectivity index (χ0v) is 13.0. The van der Waals surface area contributed by atoms with Crippen molar-refractivity contribution in [1.29, 1.82) is 0 Å². The van der Waals surface area contributed by atoms with Gasteiger partial charge in [0.15, 0.2) is 0 Å². The van der Waals surface area contributed by atoms with Crippen molar-refractivity contribution < 1.29 is 9.53 Å². The molecule has 1 aliphatic carbocycles. The minimum Gasteiger partial charge on any atom is -0.378 e. The lowest BCUT2D eigenvalue weighted by Gasteiger charge is -2.27. The second-order valence-corrected chi connectivity index (χ2v) is 6.91. The van der Waals surface area contributed by atoms with Gasteiger partial charge in [-0.2, -0.15) is 0 Å². The summed E-state index contributed by atoms with van der Waals surface area (Å²) in [4.78, 5) is 14.9. The monoisotopic (exact) mass is 300 g/mol. The summed E-state index contributed by atoms with van der Waals surface area (Å²) in [5.41, 5.74) is 2.77. The van der Waals surface area contributed by atoms with Gasteiger partial charge in [-0.1, -0.05) is 31.0 Å². The molecule has 1 amide bonds. The van der Waals surface area contributed by atoms with E-state index in [4.69, 9.17) is 4.74 Å². The minimum absolute atomic E-state index is 0.161. The molecule has 1 N–H and O–H groups in total. The number of hydrogen-bond donors (Lipinski definition) is 1. The summed E-state index contributed by atoms with van der Waals surface area (Å²) in [6.07, 6.45) is 5.55. The molecule has 1 saturated heterocycles. The minimum atomic E-state index is 0.161. The summed E-state index contributed by atoms with van der Waals surface area (Å²) < 4.78 is 5.48. The van der Waals surface area contributed by atoms with E-state index in [1.807, 2.05) is 4.90 Å². The van der Waals surface area contributed by atoms with Gasteiger partial charge in [-0.3, -0.25) is 4.79 Å². The second-order valence-electron chi connectivity index (χ2n) is 6.91. The molecule has 1 atom stereocenters. The average molecular weight is 300 g/mol. The van der Waals surface area contributed by atoms with Crippen LogP contribution in [0.1, 0.15) is 37.7 Å². The second kappa shape index (κ2) is 5.67. The summed E-state index contributed by atoms with van der Waals surface area (Å²) in [5, 5.41) is 3.39. The van der Waals surface area contributed by atoms with Gasteiger partial charge in [0.2, 0.25) is 5.91 Å². The van der Waals surface area contributed by atoms with Crippen LogP contribution in [0.15, 0.2) is 24.3 Å². The Morgan fingerprint density at radius 3 is 2.91 bits per heavy atom. The highest BCUT2D eigenvalue weighted by molar-refractivity contribution is 5.96. The molecule has 1 spiro atoms. The first-order chi connectivity index (χ1) is 10.8. The Kier molecular flexibility index (Phi) is 3.66. The molecule has 1 aromatic carbocycles. The number of nitrogens with one attached hydrogen (secondary N) is 1. The highest BCUT2D eigenvalue weighted by Gasteiger charge is 2.46. The number of ether oxygens (including phenoxy) is 1. The van der Waals surface area contributed by atoms with Crippen molar-refractivity contribution >= 4 is 11.6 Å². The summed E-state index contributed by atoms with van der Waals surface area (Å²) in [5.74, 6) is 0.235. The molecule has 4 rings (SSSR count). The molecule has 22 heavy (non-hydrogen) atoms. The number of amides is 1. The van der Waals surface area contributed by atoms with Crippen LogP contribution >= 0.6 is 0 Å². The number of fused-ring (bicyclic) bond motifs is 2. The average Bonchev–Trinajstić information content (AvgIpc) is 3.15. The third-order valence-corrected chi connectivity index (χ3v) is 5.51. The molecule has 3 aliphatic rings. The topological polar surface area (TPSA) is 41.6 Å². The lowest BCUT2D eigenvalue weighted by atomic mass is 9.81. The number of para-hydroxylation sites is 1. The Labute approximate surface area is 131 Å². The van der Waals surface area contributed by atoms with Gasteiger partial charge in [0, 0.05) is 36.7 Å². The van der Waals surface area contributed by atoms with Crippen LogP contribution in [0.5, 0.6) is 0 Å². The molecular weight excluding hydrogens is 276 g/mol. The molecule has 118 valence electrons. The van der Waals surface area contributed by atoms with Gasteiger partial charge < -0.3 is 15.0 Å². The van der Waals surface area contributed by atoms with Crippen LogP contribution in [0.4, 0.5) is 5.69 Å². The molecule has 1 aromatic rings. The van der Waals surface area contributed by atoms with E-state index in [0.29, 0.717) is 13.0 Å². The summed E-state index contributed by atoms with van der Waals surface area (Å²) >= 11 is 0. The molecule has 4 heteroatoms. The van der Waals surface area contributed by atoms with Crippen LogP contribution in [-0.4, -0.2) is 38.3 Å². The predicted molar refractivity (Wildman–Crippen MR) is 86.2 cm³/mol. The maximum absolute atomic E-state index is 12.8. The number of rotatable bonds is 2. The molecule has 2 aliphatic heterocycles. The molecule has 0 aromatic heterocycles. The molecule has 1 unspecified atom stereocenters. The van der Waals surface area contributed by atoms with Crippen molar-refractivity contribution in [3.63, 3.8) is 0 Å². The van der Waals surface area contributed by atoms with Gasteiger partial charge in [-0.25, -0.2) is 0 Å². The van der Waals surface area contributed by atoms with Gasteiger partial charge in [-0.05, 0) is 24.5 Å². The normalized spacial score (nSPS) is 26.4. The van der Waals surface area contributed by atoms with Crippen molar-refractivity contribution in [1.82, 2.24) is 5.32 Å². The number of benzene rings is 1. The van der Waals surface area contributed by atoms with Crippen LogP contribution in [0.2, 0.25) is 0 Å². The fourth-order valence-electron chi connectivity index (χ4n) is 4.40. The number of hydrogen-bond acceptors (Lipinski definition) is 3. The first kappa shape index (κ1) is 14.2. The Balaban J connectivity index is 1.56. The van der Waals surface area contributed by atoms with Gasteiger partial charge >= 0.3 is 0 Å². The zero-order chi connectivity index (χ0) is 15.0. The Hall–Kier alpha value is -1.39. The zero-order valence-electron chi connectivity index (χ0n) is 13.0. The fraction of sp³-hybridized carbons (Fsp3) is 0.611. The number of morpholine rings is 1. The number of carbonyl (C=O) groups is 1. The SMILES string of the molecule is O=C(CC1COCCN1)N1CC2(CCCC2)c2ccccc21. The molecule has 0 radical (unpaired) electrons. The molecule has 2 fully saturated rings. The van der Waals surface area contributed by atoms with Crippen LogP contribution in [0.3, 0.4) is 0 Å². The van der Waals surface area contributed by atoms with Crippen LogP contribution in [0, 0.1) is 0 Å². The largest absolute Gasteiger partial charge is 0.378 e. The van der Waals surface area contributed by atoms with Crippen LogP contribution in [0.25, 0.3) is 0 Å². The van der Waals surface area contributed by atoms with Gasteiger partial charge in [-0.15, -0.1) is 0 Å². The van der Waals surface area contributed by atoms with E-state index in [0.717, 1.165) is 25.4 Å². The number of nitrogens with zero attached hydrogens (tertiary/aromatic N) is 1. The summed E-state index contributed by atoms with van der Waals surface area (Å²) in [7, 11) is 0. The maximum Gasteiger partial charge on any atom is 0.228 e. The standard InChI is InChI=1S/C18H24N2O2/c21-17(11-14-12-22-10-9-19-14)20-13-18(7-3-4-8-18)15-5-1-2-6-16(15)20/h1-2,5-6,14,19H,3-4,7-13H2. The quantitative estimate of drug-likeness (QED) is 0.910. The third-order valence-electron chi connectivity index (χ3n) is 5.51. The van der Waals surface area contributed by atoms with E-state index in [-0.39, 0.29) is 17.4 Å². The van der Waals surface area contributed by atoms with Crippen LogP contribution in [-0.2, 0) is 14.9 Å². The van der Waals surface area contributed by atoms with E-state index in [1.54, 1.807) is 0 Å². The van der Waals surface area contributed by atoms with Crippen molar-refractivity contribution in [2.45, 2.75) is 43.6 Å². The lowest BCUT2D eigenvalue weighted by Crippen LogP contribution is -2.45. The molecular formula is C18H24N2O2. The van der Waals surface area contributed by atoms with E-state index < -0.39 is 0 Å². The van der Waals surface area contributed by atoms with Gasteiger partial charge in [0.05, 0.1) is 13.2 Å². The van der Waals surface area contributed by atoms with Gasteiger partial charge in [0.1, 0.15) is 0 Å². The molecule has 0 bridgehead atoms. The van der Waals surface area contributed by atoms with Crippen molar-refractivity contribution in [3.8, 4) is 0 Å². The van der Waals surface area contributed by atoms with Crippen molar-refractivity contribution in [3.05, 3.63) is 29.8 Å². The lowest BCUT2D eigenvalue weighted by molar-refractivity contribution is -0.119. The first-order valence-corrected chi connectivity index (χ1v) is 8.50. The van der Waals surface area contributed by atoms with E-state index in [1.165, 1.54) is 31.2 Å². The summed E-state index contributed by atoms with van der Waals surface area (Å²) in [6.45, 7) is 3.12. The maximum atomic E-state index is 12.8. The highest BCUT2D eigenvalue weighted by Crippen LogP contribution is 2.50. The Bertz CT molecular complexity index is 560. The molecule has 1 saturated carbocycles. The summed E-state index contributed by atoms with van der Waals surface area (Å²) in [6, 6.07) is 8.67. The fourth-order valence-corrected chi connectivity index (χ4v) is 4.40. The smallest absolute Gasteiger partial charge is 0.228 e. The van der Waals surface area contributed by atoms with Crippen molar-refractivity contribution in [2.24, 2.45) is 0 Å². The van der Waals surface area contributed by atoms with Crippen molar-refractivity contribution in [2.75, 3.05) is 31.2 Å². The molecule has 4 nitrogen and oxygen atoms in total. The predicted octanol–water partition coefficient (Wildman–Crippen LogP) is 2.22. The highest BCUT2D eigenvalue weighted by atomic mass is 16.5.